The molecule has 0 saturated heterocycles. The first-order chi connectivity index (χ1) is 12.5. The van der Waals surface area contributed by atoms with Crippen LogP contribution < -0.4 is 19.5 Å². The summed E-state index contributed by atoms with van der Waals surface area (Å²) in [5.74, 6) is 1.20. The van der Waals surface area contributed by atoms with Gasteiger partial charge in [-0.25, -0.2) is 0 Å². The van der Waals surface area contributed by atoms with Crippen LogP contribution in [0.25, 0.3) is 0 Å². The number of hydrogen-bond acceptors (Lipinski definition) is 5. The van der Waals surface area contributed by atoms with Gasteiger partial charge in [-0.3, -0.25) is 4.79 Å². The number of amides is 1. The van der Waals surface area contributed by atoms with E-state index in [1.165, 1.54) is 14.2 Å². The van der Waals surface area contributed by atoms with Gasteiger partial charge in [-0.05, 0) is 53.3 Å². The Bertz CT molecular complexity index is 743. The van der Waals surface area contributed by atoms with E-state index in [1.807, 2.05) is 19.1 Å². The Labute approximate surface area is 166 Å². The first-order valence-corrected chi connectivity index (χ1v) is 9.11. The lowest BCUT2D eigenvalue weighted by atomic mass is 10.1. The van der Waals surface area contributed by atoms with E-state index < -0.39 is 6.10 Å². The molecule has 0 fully saturated rings. The SMILES string of the molecule is COc1cccc(OC)c1OCC(O)CNC(=O)c1cccc(C)c1I. The quantitative estimate of drug-likeness (QED) is 0.580. The van der Waals surface area contributed by atoms with Gasteiger partial charge < -0.3 is 24.6 Å². The number of aliphatic hydroxyl groups excluding tert-OH is 1. The largest absolute Gasteiger partial charge is 0.493 e. The van der Waals surface area contributed by atoms with Crippen LogP contribution >= 0.6 is 22.6 Å². The number of nitrogens with one attached hydrogen (secondary N) is 1. The van der Waals surface area contributed by atoms with Crippen molar-refractivity contribution in [1.82, 2.24) is 5.32 Å². The molecular weight excluding hydrogens is 449 g/mol. The summed E-state index contributed by atoms with van der Waals surface area (Å²) in [6.07, 6.45) is -0.879. The molecule has 2 rings (SSSR count). The third-order valence-corrected chi connectivity index (χ3v) is 5.17. The topological polar surface area (TPSA) is 77.0 Å². The number of hydrogen-bond donors (Lipinski definition) is 2. The lowest BCUT2D eigenvalue weighted by molar-refractivity contribution is 0.0833. The van der Waals surface area contributed by atoms with Crippen molar-refractivity contribution in [1.29, 1.82) is 0 Å². The van der Waals surface area contributed by atoms with Crippen molar-refractivity contribution in [3.63, 3.8) is 0 Å². The minimum atomic E-state index is -0.879. The molecule has 0 spiro atoms. The number of aliphatic hydroxyl groups is 1. The third-order valence-electron chi connectivity index (χ3n) is 3.74. The second-order valence-corrected chi connectivity index (χ2v) is 6.68. The van der Waals surface area contributed by atoms with Crippen LogP contribution in [0.15, 0.2) is 36.4 Å². The van der Waals surface area contributed by atoms with Gasteiger partial charge in [0.15, 0.2) is 11.5 Å². The molecule has 6 nitrogen and oxygen atoms in total. The summed E-state index contributed by atoms with van der Waals surface area (Å²) >= 11 is 2.14. The molecule has 0 aliphatic rings. The number of carbonyl (C=O) groups excluding carboxylic acids is 1. The molecule has 0 bridgehead atoms. The zero-order valence-corrected chi connectivity index (χ0v) is 17.1. The van der Waals surface area contributed by atoms with Crippen molar-refractivity contribution >= 4 is 28.5 Å². The van der Waals surface area contributed by atoms with Crippen molar-refractivity contribution in [2.75, 3.05) is 27.4 Å². The van der Waals surface area contributed by atoms with E-state index in [-0.39, 0.29) is 19.1 Å². The van der Waals surface area contributed by atoms with Crippen LogP contribution in [0.5, 0.6) is 17.2 Å². The summed E-state index contributed by atoms with van der Waals surface area (Å²) in [4.78, 5) is 12.3. The van der Waals surface area contributed by atoms with Crippen molar-refractivity contribution in [3.05, 3.63) is 51.1 Å². The summed E-state index contributed by atoms with van der Waals surface area (Å²) < 4.78 is 17.0. The van der Waals surface area contributed by atoms with Crippen molar-refractivity contribution in [2.45, 2.75) is 13.0 Å². The van der Waals surface area contributed by atoms with E-state index in [0.717, 1.165) is 9.13 Å². The molecule has 0 heterocycles. The van der Waals surface area contributed by atoms with Gasteiger partial charge in [0.05, 0.1) is 19.8 Å². The van der Waals surface area contributed by atoms with Gasteiger partial charge in [0.25, 0.3) is 5.91 Å². The molecule has 1 atom stereocenters. The number of para-hydroxylation sites is 1. The molecule has 7 heteroatoms. The molecule has 26 heavy (non-hydrogen) atoms. The minimum Gasteiger partial charge on any atom is -0.493 e. The van der Waals surface area contributed by atoms with Crippen molar-refractivity contribution in [2.24, 2.45) is 0 Å². The Morgan fingerprint density at radius 3 is 2.38 bits per heavy atom. The number of rotatable bonds is 8. The summed E-state index contributed by atoms with van der Waals surface area (Å²) in [5, 5.41) is 12.9. The molecule has 2 aromatic carbocycles. The molecule has 140 valence electrons. The molecular formula is C19H22INO5. The monoisotopic (exact) mass is 471 g/mol. The van der Waals surface area contributed by atoms with Crippen LogP contribution in [0, 0.1) is 10.5 Å². The van der Waals surface area contributed by atoms with Gasteiger partial charge >= 0.3 is 0 Å². The van der Waals surface area contributed by atoms with E-state index >= 15 is 0 Å². The minimum absolute atomic E-state index is 0.0120. The second kappa shape index (κ2) is 9.63. The Balaban J connectivity index is 1.93. The summed E-state index contributed by atoms with van der Waals surface area (Å²) in [7, 11) is 3.06. The highest BCUT2D eigenvalue weighted by Gasteiger charge is 2.16. The predicted molar refractivity (Wildman–Crippen MR) is 107 cm³/mol. The Hall–Kier alpha value is -2.00. The summed E-state index contributed by atoms with van der Waals surface area (Å²) in [5.41, 5.74) is 1.62. The molecule has 2 N–H and O–H groups in total. The maximum absolute atomic E-state index is 12.3. The first-order valence-electron chi connectivity index (χ1n) is 8.03. The Kier molecular flexibility index (Phi) is 7.52. The standard InChI is InChI=1S/C19H22INO5/c1-12-6-4-7-14(17(12)20)19(23)21-10-13(22)11-26-18-15(24-2)8-5-9-16(18)25-3/h4-9,13,22H,10-11H2,1-3H3,(H,21,23). The molecule has 0 aliphatic carbocycles. The van der Waals surface area contributed by atoms with Crippen molar-refractivity contribution in [3.8, 4) is 17.2 Å². The van der Waals surface area contributed by atoms with Crippen LogP contribution in [0.1, 0.15) is 15.9 Å². The average Bonchev–Trinajstić information content (AvgIpc) is 2.66. The van der Waals surface area contributed by atoms with Crippen LogP contribution in [-0.4, -0.2) is 44.5 Å². The average molecular weight is 471 g/mol. The van der Waals surface area contributed by atoms with E-state index in [2.05, 4.69) is 27.9 Å². The van der Waals surface area contributed by atoms with E-state index in [4.69, 9.17) is 14.2 Å². The fraction of sp³-hybridized carbons (Fsp3) is 0.316. The fourth-order valence-corrected chi connectivity index (χ4v) is 2.93. The number of benzene rings is 2. The van der Waals surface area contributed by atoms with Crippen LogP contribution in [0.3, 0.4) is 0 Å². The van der Waals surface area contributed by atoms with Gasteiger partial charge in [-0.15, -0.1) is 0 Å². The molecule has 0 aromatic heterocycles. The van der Waals surface area contributed by atoms with Crippen molar-refractivity contribution < 1.29 is 24.1 Å². The van der Waals surface area contributed by atoms with Gasteiger partial charge in [0.1, 0.15) is 12.7 Å². The Morgan fingerprint density at radius 2 is 1.77 bits per heavy atom. The van der Waals surface area contributed by atoms with Crippen LogP contribution in [0.4, 0.5) is 0 Å². The normalized spacial score (nSPS) is 11.6. The van der Waals surface area contributed by atoms with Gasteiger partial charge in [-0.1, -0.05) is 18.2 Å². The summed E-state index contributed by atoms with van der Waals surface area (Å²) in [6, 6.07) is 10.8. The maximum atomic E-state index is 12.3. The molecule has 1 unspecified atom stereocenters. The smallest absolute Gasteiger partial charge is 0.252 e. The molecule has 2 aromatic rings. The van der Waals surface area contributed by atoms with Crippen LogP contribution in [0.2, 0.25) is 0 Å². The van der Waals surface area contributed by atoms with E-state index in [1.54, 1.807) is 24.3 Å². The zero-order chi connectivity index (χ0) is 19.1. The van der Waals surface area contributed by atoms with E-state index in [9.17, 15) is 9.90 Å². The maximum Gasteiger partial charge on any atom is 0.252 e. The lowest BCUT2D eigenvalue weighted by Crippen LogP contribution is -2.35. The fourth-order valence-electron chi connectivity index (χ4n) is 2.33. The second-order valence-electron chi connectivity index (χ2n) is 5.60. The lowest BCUT2D eigenvalue weighted by Gasteiger charge is -2.17. The highest BCUT2D eigenvalue weighted by atomic mass is 127. The number of carbonyl (C=O) groups is 1. The zero-order valence-electron chi connectivity index (χ0n) is 14.9. The first kappa shape index (κ1) is 20.3. The molecule has 0 saturated carbocycles. The highest BCUT2D eigenvalue weighted by molar-refractivity contribution is 14.1. The third kappa shape index (κ3) is 5.01. The number of aryl methyl sites for hydroxylation is 1. The predicted octanol–water partition coefficient (Wildman–Crippen LogP) is 2.79. The number of halogens is 1. The molecule has 0 aliphatic heterocycles. The molecule has 1 amide bonds. The van der Waals surface area contributed by atoms with Gasteiger partial charge in [0, 0.05) is 10.1 Å². The molecule has 0 radical (unpaired) electrons. The number of methoxy groups -OCH3 is 2. The van der Waals surface area contributed by atoms with Gasteiger partial charge in [0.2, 0.25) is 5.75 Å². The summed E-state index contributed by atoms with van der Waals surface area (Å²) in [6.45, 7) is 2.00. The number of ether oxygens (including phenoxy) is 3. The van der Waals surface area contributed by atoms with Gasteiger partial charge in [-0.2, -0.15) is 0 Å². The highest BCUT2D eigenvalue weighted by Crippen LogP contribution is 2.36. The van der Waals surface area contributed by atoms with Crippen LogP contribution in [-0.2, 0) is 0 Å². The van der Waals surface area contributed by atoms with E-state index in [0.29, 0.717) is 22.8 Å². The Morgan fingerprint density at radius 1 is 1.15 bits per heavy atom.